The zero-order valence-corrected chi connectivity index (χ0v) is 18.2. The van der Waals surface area contributed by atoms with Gasteiger partial charge in [0.05, 0.1) is 17.8 Å². The Balaban J connectivity index is 1.99. The minimum absolute atomic E-state index is 0.128. The minimum atomic E-state index is -3.68. The number of hydrogen-bond acceptors (Lipinski definition) is 3. The molecule has 0 spiro atoms. The normalized spacial score (nSPS) is 12.4. The number of sulfonamides is 1. The van der Waals surface area contributed by atoms with Gasteiger partial charge in [-0.1, -0.05) is 70.2 Å². The first-order valence-electron chi connectivity index (χ1n) is 9.95. The molecule has 0 bridgehead atoms. The smallest absolute Gasteiger partial charge is 0.243 e. The Hall–Kier alpha value is -2.44. The molecular formula is C23H29N3O2S. The average Bonchev–Trinajstić information content (AvgIpc) is 3.21. The highest BCUT2D eigenvalue weighted by Crippen LogP contribution is 2.29. The van der Waals surface area contributed by atoms with Crippen molar-refractivity contribution in [3.8, 4) is 11.1 Å². The zero-order valence-electron chi connectivity index (χ0n) is 17.4. The first kappa shape index (κ1) is 21.3. The summed E-state index contributed by atoms with van der Waals surface area (Å²) in [4.78, 5) is 7.39. The van der Waals surface area contributed by atoms with Crippen LogP contribution in [0.4, 0.5) is 0 Å². The van der Waals surface area contributed by atoms with Crippen molar-refractivity contribution in [3.05, 3.63) is 72.8 Å². The van der Waals surface area contributed by atoms with Crippen LogP contribution in [0.25, 0.3) is 11.1 Å². The second-order valence-electron chi connectivity index (χ2n) is 8.00. The largest absolute Gasteiger partial charge is 0.347 e. The third-order valence-electron chi connectivity index (χ3n) is 5.15. The maximum atomic E-state index is 13.6. The third kappa shape index (κ3) is 4.77. The van der Waals surface area contributed by atoms with E-state index in [1.807, 2.05) is 42.5 Å². The van der Waals surface area contributed by atoms with Crippen molar-refractivity contribution in [2.24, 2.45) is 11.8 Å². The Morgan fingerprint density at radius 2 is 1.48 bits per heavy atom. The summed E-state index contributed by atoms with van der Waals surface area (Å²) in [6.45, 7) is 8.54. The number of H-pyrrole nitrogens is 1. The van der Waals surface area contributed by atoms with E-state index in [4.69, 9.17) is 0 Å². The fourth-order valence-electron chi connectivity index (χ4n) is 3.91. The summed E-state index contributed by atoms with van der Waals surface area (Å²) in [6, 6.07) is 17.0. The van der Waals surface area contributed by atoms with E-state index in [2.05, 4.69) is 37.7 Å². The molecule has 3 aromatic rings. The average molecular weight is 412 g/mol. The summed E-state index contributed by atoms with van der Waals surface area (Å²) in [6.07, 6.45) is 3.26. The molecule has 6 heteroatoms. The van der Waals surface area contributed by atoms with E-state index in [1.54, 1.807) is 29.0 Å². The Labute approximate surface area is 173 Å². The molecular weight excluding hydrogens is 382 g/mol. The number of nitrogens with zero attached hydrogens (tertiary/aromatic N) is 2. The van der Waals surface area contributed by atoms with Gasteiger partial charge in [0.15, 0.2) is 0 Å². The predicted molar refractivity (Wildman–Crippen MR) is 117 cm³/mol. The molecule has 0 radical (unpaired) electrons. The molecule has 1 N–H and O–H groups in total. The molecule has 0 saturated heterocycles. The summed E-state index contributed by atoms with van der Waals surface area (Å²) in [5.41, 5.74) is 2.84. The van der Waals surface area contributed by atoms with E-state index < -0.39 is 10.0 Å². The Kier molecular flexibility index (Phi) is 6.55. The van der Waals surface area contributed by atoms with Crippen molar-refractivity contribution >= 4 is 10.0 Å². The van der Waals surface area contributed by atoms with Gasteiger partial charge in [0.2, 0.25) is 10.0 Å². The van der Waals surface area contributed by atoms with Crippen LogP contribution in [-0.2, 0) is 16.6 Å². The van der Waals surface area contributed by atoms with Crippen molar-refractivity contribution in [1.82, 2.24) is 14.3 Å². The lowest BCUT2D eigenvalue weighted by Crippen LogP contribution is -2.45. The second-order valence-corrected chi connectivity index (χ2v) is 9.89. The highest BCUT2D eigenvalue weighted by Gasteiger charge is 2.35. The van der Waals surface area contributed by atoms with Gasteiger partial charge in [-0.2, -0.15) is 4.31 Å². The van der Waals surface area contributed by atoms with Crippen LogP contribution in [0.5, 0.6) is 0 Å². The highest BCUT2D eigenvalue weighted by atomic mass is 32.2. The van der Waals surface area contributed by atoms with Gasteiger partial charge in [0.1, 0.15) is 0 Å². The molecule has 0 aliphatic heterocycles. The van der Waals surface area contributed by atoms with Crippen molar-refractivity contribution < 1.29 is 8.42 Å². The van der Waals surface area contributed by atoms with Gasteiger partial charge in [-0.25, -0.2) is 13.4 Å². The van der Waals surface area contributed by atoms with Gasteiger partial charge in [-0.15, -0.1) is 0 Å². The number of nitrogens with one attached hydrogen (secondary N) is 1. The molecule has 29 heavy (non-hydrogen) atoms. The molecule has 0 amide bonds. The van der Waals surface area contributed by atoms with Crippen LogP contribution in [0.15, 0.2) is 72.0 Å². The minimum Gasteiger partial charge on any atom is -0.347 e. The van der Waals surface area contributed by atoms with Crippen LogP contribution in [0.3, 0.4) is 0 Å². The fraction of sp³-hybridized carbons (Fsp3) is 0.348. The predicted octanol–water partition coefficient (Wildman–Crippen LogP) is 4.95. The standard InChI is InChI=1S/C23H29N3O2S/c1-17(2)23(18(3)4)26(15-21-14-24-16-25-21)29(27,28)22-12-10-20(11-13-22)19-8-6-5-7-9-19/h5-14,16-18,23H,15H2,1-4H3,(H,24,25). The zero-order chi connectivity index (χ0) is 21.0. The lowest BCUT2D eigenvalue weighted by Gasteiger charge is -2.36. The monoisotopic (exact) mass is 411 g/mol. The van der Waals surface area contributed by atoms with E-state index >= 15 is 0 Å². The second kappa shape index (κ2) is 8.93. The summed E-state index contributed by atoms with van der Waals surface area (Å²) in [5.74, 6) is 0.354. The Morgan fingerprint density at radius 1 is 0.897 bits per heavy atom. The number of aromatic nitrogens is 2. The molecule has 1 aromatic heterocycles. The Morgan fingerprint density at radius 3 is 2.00 bits per heavy atom. The van der Waals surface area contributed by atoms with Crippen molar-refractivity contribution in [2.45, 2.75) is 45.2 Å². The van der Waals surface area contributed by atoms with Crippen molar-refractivity contribution in [1.29, 1.82) is 0 Å². The van der Waals surface area contributed by atoms with Gasteiger partial charge in [0.25, 0.3) is 0 Å². The van der Waals surface area contributed by atoms with Gasteiger partial charge >= 0.3 is 0 Å². The van der Waals surface area contributed by atoms with Crippen molar-refractivity contribution in [3.63, 3.8) is 0 Å². The number of imidazole rings is 1. The lowest BCUT2D eigenvalue weighted by atomic mass is 9.93. The number of benzene rings is 2. The topological polar surface area (TPSA) is 66.1 Å². The highest BCUT2D eigenvalue weighted by molar-refractivity contribution is 7.89. The number of rotatable bonds is 8. The first-order chi connectivity index (χ1) is 13.8. The summed E-state index contributed by atoms with van der Waals surface area (Å²) < 4.78 is 28.9. The molecule has 5 nitrogen and oxygen atoms in total. The van der Waals surface area contributed by atoms with E-state index in [1.165, 1.54) is 0 Å². The van der Waals surface area contributed by atoms with Crippen molar-refractivity contribution in [2.75, 3.05) is 0 Å². The SMILES string of the molecule is CC(C)C(C(C)C)N(Cc1cnc[nH]1)S(=O)(=O)c1ccc(-c2ccccc2)cc1. The molecule has 0 saturated carbocycles. The van der Waals surface area contributed by atoms with Crippen LogP contribution < -0.4 is 0 Å². The number of hydrogen-bond donors (Lipinski definition) is 1. The molecule has 2 aromatic carbocycles. The quantitative estimate of drug-likeness (QED) is 0.570. The summed E-state index contributed by atoms with van der Waals surface area (Å²) in [7, 11) is -3.68. The van der Waals surface area contributed by atoms with Gasteiger partial charge in [0, 0.05) is 17.9 Å². The maximum absolute atomic E-state index is 13.6. The summed E-state index contributed by atoms with van der Waals surface area (Å²) >= 11 is 0. The van der Waals surface area contributed by atoms with E-state index in [0.717, 1.165) is 16.8 Å². The molecule has 0 unspecified atom stereocenters. The van der Waals surface area contributed by atoms with E-state index in [0.29, 0.717) is 4.90 Å². The molecule has 3 rings (SSSR count). The van der Waals surface area contributed by atoms with Gasteiger partial charge in [-0.05, 0) is 35.1 Å². The van der Waals surface area contributed by atoms with Crippen LogP contribution in [-0.4, -0.2) is 28.7 Å². The van der Waals surface area contributed by atoms with Crippen LogP contribution >= 0.6 is 0 Å². The van der Waals surface area contributed by atoms with Crippen LogP contribution in [0.1, 0.15) is 33.4 Å². The van der Waals surface area contributed by atoms with Gasteiger partial charge < -0.3 is 4.98 Å². The van der Waals surface area contributed by atoms with Crippen LogP contribution in [0.2, 0.25) is 0 Å². The van der Waals surface area contributed by atoms with Crippen LogP contribution in [0, 0.1) is 11.8 Å². The van der Waals surface area contributed by atoms with E-state index in [9.17, 15) is 8.42 Å². The third-order valence-corrected chi connectivity index (χ3v) is 7.01. The Bertz CT molecular complexity index is 988. The number of aromatic amines is 1. The molecule has 0 aliphatic carbocycles. The molecule has 1 heterocycles. The van der Waals surface area contributed by atoms with E-state index in [-0.39, 0.29) is 24.4 Å². The maximum Gasteiger partial charge on any atom is 0.243 e. The first-order valence-corrected chi connectivity index (χ1v) is 11.4. The molecule has 0 aliphatic rings. The summed E-state index contributed by atoms with van der Waals surface area (Å²) in [5, 5.41) is 0. The lowest BCUT2D eigenvalue weighted by molar-refractivity contribution is 0.195. The van der Waals surface area contributed by atoms with Gasteiger partial charge in [-0.3, -0.25) is 0 Å². The molecule has 0 fully saturated rings. The fourth-order valence-corrected chi connectivity index (χ4v) is 5.78. The molecule has 0 atom stereocenters. The molecule has 154 valence electrons.